The van der Waals surface area contributed by atoms with Crippen LogP contribution >= 0.6 is 0 Å². The third-order valence-electron chi connectivity index (χ3n) is 6.63. The van der Waals surface area contributed by atoms with Crippen LogP contribution in [-0.2, 0) is 6.54 Å². The number of aliphatic hydroxyl groups is 1. The van der Waals surface area contributed by atoms with E-state index in [1.54, 1.807) is 25.1 Å². The van der Waals surface area contributed by atoms with Gasteiger partial charge in [0.05, 0.1) is 17.5 Å². The van der Waals surface area contributed by atoms with Crippen molar-refractivity contribution in [3.05, 3.63) is 48.2 Å². The first-order valence-electron chi connectivity index (χ1n) is 11.5. The number of aromatic nitrogens is 5. The number of piperidine rings is 1. The lowest BCUT2D eigenvalue weighted by molar-refractivity contribution is -0.142. The zero-order valence-electron chi connectivity index (χ0n) is 20.4. The number of anilines is 2. The first kappa shape index (κ1) is 25.5. The number of carbonyl (C=O) groups excluding carboxylic acids is 1. The maximum absolute atomic E-state index is 12.9. The second kappa shape index (κ2) is 9.49. The molecule has 3 aromatic rings. The first-order valence-corrected chi connectivity index (χ1v) is 11.5. The van der Waals surface area contributed by atoms with Gasteiger partial charge in [0, 0.05) is 42.8 Å². The summed E-state index contributed by atoms with van der Waals surface area (Å²) in [5.74, 6) is 0.922. The van der Waals surface area contributed by atoms with Crippen LogP contribution in [0.25, 0.3) is 11.3 Å². The van der Waals surface area contributed by atoms with Crippen molar-refractivity contribution in [2.75, 3.05) is 23.3 Å². The van der Waals surface area contributed by atoms with E-state index in [0.29, 0.717) is 41.8 Å². The van der Waals surface area contributed by atoms with E-state index in [2.05, 4.69) is 30.3 Å². The van der Waals surface area contributed by atoms with Gasteiger partial charge < -0.3 is 15.3 Å². The molecule has 0 radical (unpaired) electrons. The van der Waals surface area contributed by atoms with Gasteiger partial charge in [-0.2, -0.15) is 18.3 Å². The van der Waals surface area contributed by atoms with Crippen molar-refractivity contribution < 1.29 is 23.1 Å². The fourth-order valence-corrected chi connectivity index (χ4v) is 4.22. The Morgan fingerprint density at radius 2 is 1.89 bits per heavy atom. The molecule has 0 bridgehead atoms. The van der Waals surface area contributed by atoms with Gasteiger partial charge in [0.25, 0.3) is 5.91 Å². The first-order chi connectivity index (χ1) is 16.8. The zero-order chi connectivity index (χ0) is 26.3. The van der Waals surface area contributed by atoms with Gasteiger partial charge in [-0.15, -0.1) is 0 Å². The molecule has 3 atom stereocenters. The molecule has 1 amide bonds. The van der Waals surface area contributed by atoms with Crippen molar-refractivity contribution in [3.63, 3.8) is 0 Å². The van der Waals surface area contributed by atoms with Crippen molar-refractivity contribution in [2.24, 2.45) is 11.8 Å². The van der Waals surface area contributed by atoms with Crippen molar-refractivity contribution in [1.29, 1.82) is 0 Å². The van der Waals surface area contributed by atoms with Crippen LogP contribution in [0.3, 0.4) is 0 Å². The predicted octanol–water partition coefficient (Wildman–Crippen LogP) is 3.70. The molecular formula is C24H28F3N7O2. The van der Waals surface area contributed by atoms with E-state index in [4.69, 9.17) is 0 Å². The number of nitrogens with zero attached hydrogens (tertiary/aromatic N) is 6. The minimum atomic E-state index is -4.39. The summed E-state index contributed by atoms with van der Waals surface area (Å²) in [6, 6.07) is 6.36. The summed E-state index contributed by atoms with van der Waals surface area (Å²) < 4.78 is 38.6. The number of carbonyl (C=O) groups is 1. The van der Waals surface area contributed by atoms with Gasteiger partial charge in [0.1, 0.15) is 29.7 Å². The molecule has 1 aliphatic heterocycles. The molecule has 0 saturated carbocycles. The average Bonchev–Trinajstić information content (AvgIpc) is 3.24. The quantitative estimate of drug-likeness (QED) is 0.547. The molecule has 1 unspecified atom stereocenters. The van der Waals surface area contributed by atoms with Crippen LogP contribution in [0, 0.1) is 18.8 Å². The summed E-state index contributed by atoms with van der Waals surface area (Å²) in [5.41, 5.74) is -0.0300. The number of hydrogen-bond acceptors (Lipinski definition) is 7. The minimum Gasteiger partial charge on any atom is -0.389 e. The standard InChI is InChI=1S/C24H28F3N7O2/c1-14-10-33(11-15(2)23(14,4)36)21-8-20(29-16(3)30-21)32-22(35)19-7-5-6-18(31-19)17-9-28-34(12-17)13-24(25,26)27/h5-9,12,14-15,36H,10-11,13H2,1-4H3,(H,29,30,32,35)/t14-,15+,23?. The third kappa shape index (κ3) is 5.64. The van der Waals surface area contributed by atoms with Gasteiger partial charge in [0.2, 0.25) is 0 Å². The molecule has 4 rings (SSSR count). The van der Waals surface area contributed by atoms with Crippen LogP contribution < -0.4 is 10.2 Å². The van der Waals surface area contributed by atoms with Crippen molar-refractivity contribution in [2.45, 2.75) is 46.0 Å². The number of halogens is 3. The summed E-state index contributed by atoms with van der Waals surface area (Å²) in [4.78, 5) is 28.1. The fourth-order valence-electron chi connectivity index (χ4n) is 4.22. The molecular weight excluding hydrogens is 475 g/mol. The number of aryl methyl sites for hydroxylation is 1. The Kier molecular flexibility index (Phi) is 6.74. The normalized spacial score (nSPS) is 22.5. The highest BCUT2D eigenvalue weighted by Gasteiger charge is 2.41. The van der Waals surface area contributed by atoms with Crippen LogP contribution in [0.5, 0.6) is 0 Å². The molecule has 0 spiro atoms. The fraction of sp³-hybridized carbons (Fsp3) is 0.458. The maximum atomic E-state index is 12.9. The molecule has 3 aromatic heterocycles. The number of pyridine rings is 1. The number of nitrogens with one attached hydrogen (secondary N) is 1. The SMILES string of the molecule is Cc1nc(NC(=O)c2cccc(-c3cnn(CC(F)(F)F)c3)n2)cc(N2C[C@@H](C)C(C)(O)[C@@H](C)C2)n1. The van der Waals surface area contributed by atoms with E-state index >= 15 is 0 Å². The summed E-state index contributed by atoms with van der Waals surface area (Å²) in [5, 5.41) is 17.2. The zero-order valence-corrected chi connectivity index (χ0v) is 20.4. The van der Waals surface area contributed by atoms with E-state index < -0.39 is 24.2 Å². The van der Waals surface area contributed by atoms with Crippen LogP contribution in [0.4, 0.5) is 24.8 Å². The number of rotatable bonds is 5. The van der Waals surface area contributed by atoms with Gasteiger partial charge in [-0.3, -0.25) is 9.48 Å². The summed E-state index contributed by atoms with van der Waals surface area (Å²) in [6.45, 7) is 7.55. The average molecular weight is 504 g/mol. The topological polar surface area (TPSA) is 109 Å². The monoisotopic (exact) mass is 503 g/mol. The van der Waals surface area contributed by atoms with Gasteiger partial charge >= 0.3 is 6.18 Å². The van der Waals surface area contributed by atoms with E-state index in [1.807, 2.05) is 20.8 Å². The number of hydrogen-bond donors (Lipinski definition) is 2. The Morgan fingerprint density at radius 1 is 1.19 bits per heavy atom. The Hall–Kier alpha value is -3.54. The van der Waals surface area contributed by atoms with E-state index in [9.17, 15) is 23.1 Å². The van der Waals surface area contributed by atoms with Gasteiger partial charge in [-0.1, -0.05) is 19.9 Å². The molecule has 9 nitrogen and oxygen atoms in total. The van der Waals surface area contributed by atoms with Crippen molar-refractivity contribution in [3.8, 4) is 11.3 Å². The number of alkyl halides is 3. The lowest BCUT2D eigenvalue weighted by atomic mass is 9.76. The Labute approximate surface area is 206 Å². The van der Waals surface area contributed by atoms with Crippen LogP contribution in [0.1, 0.15) is 37.1 Å². The number of amides is 1. The maximum Gasteiger partial charge on any atom is 0.408 e. The van der Waals surface area contributed by atoms with Gasteiger partial charge in [-0.25, -0.2) is 15.0 Å². The van der Waals surface area contributed by atoms with Crippen LogP contribution in [0.2, 0.25) is 0 Å². The molecule has 192 valence electrons. The molecule has 0 aliphatic carbocycles. The molecule has 1 saturated heterocycles. The molecule has 0 aromatic carbocycles. The highest BCUT2D eigenvalue weighted by atomic mass is 19.4. The molecule has 4 heterocycles. The second-order valence-electron chi connectivity index (χ2n) is 9.50. The van der Waals surface area contributed by atoms with Gasteiger partial charge in [0.15, 0.2) is 0 Å². The molecule has 1 fully saturated rings. The second-order valence-corrected chi connectivity index (χ2v) is 9.50. The smallest absolute Gasteiger partial charge is 0.389 e. The van der Waals surface area contributed by atoms with E-state index in [0.717, 1.165) is 4.68 Å². The third-order valence-corrected chi connectivity index (χ3v) is 6.63. The Bertz CT molecular complexity index is 1240. The Balaban J connectivity index is 1.51. The van der Waals surface area contributed by atoms with Crippen molar-refractivity contribution >= 4 is 17.5 Å². The summed E-state index contributed by atoms with van der Waals surface area (Å²) in [6.07, 6.45) is -1.89. The molecule has 2 N–H and O–H groups in total. The lowest BCUT2D eigenvalue weighted by Crippen LogP contribution is -2.55. The highest BCUT2D eigenvalue weighted by Crippen LogP contribution is 2.34. The highest BCUT2D eigenvalue weighted by molar-refractivity contribution is 6.02. The summed E-state index contributed by atoms with van der Waals surface area (Å²) >= 11 is 0. The minimum absolute atomic E-state index is 0.0157. The van der Waals surface area contributed by atoms with Crippen molar-refractivity contribution in [1.82, 2.24) is 24.7 Å². The summed E-state index contributed by atoms with van der Waals surface area (Å²) in [7, 11) is 0. The lowest BCUT2D eigenvalue weighted by Gasteiger charge is -2.46. The molecule has 36 heavy (non-hydrogen) atoms. The van der Waals surface area contributed by atoms with Crippen LogP contribution in [0.15, 0.2) is 36.7 Å². The van der Waals surface area contributed by atoms with Crippen LogP contribution in [-0.4, -0.2) is 60.6 Å². The van der Waals surface area contributed by atoms with Gasteiger partial charge in [-0.05, 0) is 26.0 Å². The van der Waals surface area contributed by atoms with E-state index in [-0.39, 0.29) is 17.5 Å². The molecule has 12 heteroatoms. The Morgan fingerprint density at radius 3 is 2.56 bits per heavy atom. The largest absolute Gasteiger partial charge is 0.408 e. The predicted molar refractivity (Wildman–Crippen MR) is 127 cm³/mol. The molecule has 1 aliphatic rings. The van der Waals surface area contributed by atoms with E-state index in [1.165, 1.54) is 18.5 Å².